The van der Waals surface area contributed by atoms with Crippen molar-refractivity contribution in [2.45, 2.75) is 31.4 Å². The highest BCUT2D eigenvalue weighted by molar-refractivity contribution is 5.96. The predicted molar refractivity (Wildman–Crippen MR) is 78.9 cm³/mol. The van der Waals surface area contributed by atoms with E-state index in [2.05, 4.69) is 5.16 Å². The fourth-order valence-electron chi connectivity index (χ4n) is 2.14. The zero-order valence-electron chi connectivity index (χ0n) is 11.5. The van der Waals surface area contributed by atoms with E-state index in [0.29, 0.717) is 18.6 Å². The van der Waals surface area contributed by atoms with Gasteiger partial charge in [0.1, 0.15) is 0 Å². The molecule has 0 aromatic heterocycles. The van der Waals surface area contributed by atoms with Crippen molar-refractivity contribution in [1.29, 1.82) is 0 Å². The fourth-order valence-corrected chi connectivity index (χ4v) is 2.14. The molecule has 2 N–H and O–H groups in total. The third-order valence-electron chi connectivity index (χ3n) is 3.22. The van der Waals surface area contributed by atoms with Crippen molar-refractivity contribution in [2.24, 2.45) is 10.9 Å². The van der Waals surface area contributed by atoms with E-state index in [-0.39, 0.29) is 18.4 Å². The predicted octanol–water partition coefficient (Wildman–Crippen LogP) is 1.69. The fraction of sp³-hybridized carbons (Fsp3) is 0.429. The van der Waals surface area contributed by atoms with Crippen molar-refractivity contribution in [1.82, 2.24) is 0 Å². The summed E-state index contributed by atoms with van der Waals surface area (Å²) in [4.78, 5) is 17.5. The van der Waals surface area contributed by atoms with E-state index < -0.39 is 11.6 Å². The molecule has 5 nitrogen and oxygen atoms in total. The number of carbonyl (C=O) groups is 1. The van der Waals surface area contributed by atoms with Crippen LogP contribution in [0.4, 0.5) is 0 Å². The van der Waals surface area contributed by atoms with E-state index in [4.69, 9.17) is 15.3 Å². The Hall–Kier alpha value is -1.59. The highest BCUT2D eigenvalue weighted by atomic mass is 35.5. The second kappa shape index (κ2) is 6.72. The average molecular weight is 299 g/mol. The van der Waals surface area contributed by atoms with Gasteiger partial charge in [0, 0.05) is 18.9 Å². The number of ether oxygens (including phenoxy) is 1. The lowest BCUT2D eigenvalue weighted by Gasteiger charge is -2.23. The Labute approximate surface area is 124 Å². The Balaban J connectivity index is 0.00000200. The highest BCUT2D eigenvalue weighted by Gasteiger charge is 2.48. The Morgan fingerprint density at radius 2 is 2.15 bits per heavy atom. The number of nitrogens with zero attached hydrogens (tertiary/aromatic N) is 1. The van der Waals surface area contributed by atoms with Crippen molar-refractivity contribution >= 4 is 24.1 Å². The molecule has 0 saturated heterocycles. The van der Waals surface area contributed by atoms with Gasteiger partial charge in [0.05, 0.1) is 12.8 Å². The minimum absolute atomic E-state index is 0. The molecule has 0 saturated carbocycles. The van der Waals surface area contributed by atoms with Gasteiger partial charge in [-0.05, 0) is 12.5 Å². The third kappa shape index (κ3) is 3.29. The number of carbonyl (C=O) groups excluding carboxylic acids is 1. The molecule has 0 bridgehead atoms. The zero-order valence-corrected chi connectivity index (χ0v) is 12.4. The molecule has 1 aliphatic rings. The van der Waals surface area contributed by atoms with Gasteiger partial charge >= 0.3 is 5.97 Å². The number of hydrogen-bond donors (Lipinski definition) is 1. The van der Waals surface area contributed by atoms with Crippen LogP contribution in [0.1, 0.15) is 18.9 Å². The first-order valence-electron chi connectivity index (χ1n) is 6.20. The molecule has 2 rings (SSSR count). The zero-order chi connectivity index (χ0) is 13.9. The Bertz CT molecular complexity index is 490. The van der Waals surface area contributed by atoms with Crippen LogP contribution >= 0.6 is 12.4 Å². The standard InChI is InChI=1S/C14H18N2O3.ClH/c1-10(15)12-9-14(19-16-12,13(17)18-2)8-11-6-4-3-5-7-11;/h3-7,10H,8-9,15H2,1-2H3;1H. The third-order valence-corrected chi connectivity index (χ3v) is 3.22. The van der Waals surface area contributed by atoms with Crippen LogP contribution in [0.5, 0.6) is 0 Å². The quantitative estimate of drug-likeness (QED) is 0.858. The molecule has 1 heterocycles. The summed E-state index contributed by atoms with van der Waals surface area (Å²) >= 11 is 0. The number of hydrogen-bond acceptors (Lipinski definition) is 5. The molecule has 20 heavy (non-hydrogen) atoms. The normalized spacial score (nSPS) is 22.2. The molecule has 0 aliphatic carbocycles. The summed E-state index contributed by atoms with van der Waals surface area (Å²) in [5, 5.41) is 3.94. The molecule has 2 atom stereocenters. The average Bonchev–Trinajstić information content (AvgIpc) is 2.84. The van der Waals surface area contributed by atoms with Gasteiger partial charge in [0.25, 0.3) is 0 Å². The molecular formula is C14H19ClN2O3. The van der Waals surface area contributed by atoms with Gasteiger partial charge in [-0.2, -0.15) is 0 Å². The number of oxime groups is 1. The molecule has 1 aromatic carbocycles. The van der Waals surface area contributed by atoms with Crippen LogP contribution in [0.2, 0.25) is 0 Å². The Morgan fingerprint density at radius 3 is 2.65 bits per heavy atom. The number of rotatable bonds is 4. The van der Waals surface area contributed by atoms with Crippen LogP contribution in [0.15, 0.2) is 35.5 Å². The second-order valence-electron chi connectivity index (χ2n) is 4.79. The van der Waals surface area contributed by atoms with Crippen LogP contribution in [-0.4, -0.2) is 30.4 Å². The minimum atomic E-state index is -1.08. The van der Waals surface area contributed by atoms with E-state index >= 15 is 0 Å². The largest absolute Gasteiger partial charge is 0.466 e. The van der Waals surface area contributed by atoms with Crippen LogP contribution in [0, 0.1) is 0 Å². The van der Waals surface area contributed by atoms with Gasteiger partial charge in [-0.3, -0.25) is 0 Å². The lowest BCUT2D eigenvalue weighted by molar-refractivity contribution is -0.166. The first-order chi connectivity index (χ1) is 9.07. The maximum Gasteiger partial charge on any atom is 0.353 e. The minimum Gasteiger partial charge on any atom is -0.466 e. The molecule has 1 aliphatic heterocycles. The van der Waals surface area contributed by atoms with Crippen LogP contribution in [0.25, 0.3) is 0 Å². The number of benzene rings is 1. The molecule has 0 fully saturated rings. The Kier molecular flexibility index (Phi) is 5.53. The van der Waals surface area contributed by atoms with Gasteiger partial charge < -0.3 is 15.3 Å². The highest BCUT2D eigenvalue weighted by Crippen LogP contribution is 2.30. The summed E-state index contributed by atoms with van der Waals surface area (Å²) in [6.07, 6.45) is 0.784. The van der Waals surface area contributed by atoms with E-state index in [1.54, 1.807) is 0 Å². The topological polar surface area (TPSA) is 73.9 Å². The van der Waals surface area contributed by atoms with Crippen molar-refractivity contribution in [3.8, 4) is 0 Å². The Morgan fingerprint density at radius 1 is 1.50 bits per heavy atom. The molecule has 1 aromatic rings. The van der Waals surface area contributed by atoms with Gasteiger partial charge in [-0.1, -0.05) is 35.5 Å². The smallest absolute Gasteiger partial charge is 0.353 e. The second-order valence-corrected chi connectivity index (χ2v) is 4.79. The number of nitrogens with two attached hydrogens (primary N) is 1. The summed E-state index contributed by atoms with van der Waals surface area (Å²) in [6.45, 7) is 1.82. The van der Waals surface area contributed by atoms with E-state index in [1.807, 2.05) is 37.3 Å². The summed E-state index contributed by atoms with van der Waals surface area (Å²) < 4.78 is 4.86. The number of halogens is 1. The molecular weight excluding hydrogens is 280 g/mol. The van der Waals surface area contributed by atoms with E-state index in [1.165, 1.54) is 7.11 Å². The van der Waals surface area contributed by atoms with Crippen LogP contribution in [0.3, 0.4) is 0 Å². The summed E-state index contributed by atoms with van der Waals surface area (Å²) in [7, 11) is 1.35. The van der Waals surface area contributed by atoms with Crippen LogP contribution < -0.4 is 5.73 Å². The molecule has 110 valence electrons. The van der Waals surface area contributed by atoms with Gasteiger partial charge in [-0.25, -0.2) is 4.79 Å². The summed E-state index contributed by atoms with van der Waals surface area (Å²) in [5.74, 6) is -0.421. The van der Waals surface area contributed by atoms with Gasteiger partial charge in [0.2, 0.25) is 5.60 Å². The van der Waals surface area contributed by atoms with Crippen molar-refractivity contribution < 1.29 is 14.4 Å². The van der Waals surface area contributed by atoms with Gasteiger partial charge in [-0.15, -0.1) is 12.4 Å². The molecule has 2 unspecified atom stereocenters. The molecule has 0 radical (unpaired) electrons. The monoisotopic (exact) mass is 298 g/mol. The molecule has 0 spiro atoms. The summed E-state index contributed by atoms with van der Waals surface area (Å²) in [6, 6.07) is 9.41. The maximum atomic E-state index is 12.0. The SMILES string of the molecule is COC(=O)C1(Cc2ccccc2)CC(C(C)N)=NO1.Cl. The first-order valence-corrected chi connectivity index (χ1v) is 6.20. The van der Waals surface area contributed by atoms with E-state index in [0.717, 1.165) is 5.56 Å². The number of esters is 1. The van der Waals surface area contributed by atoms with Crippen LogP contribution in [-0.2, 0) is 20.8 Å². The van der Waals surface area contributed by atoms with Gasteiger partial charge in [0.15, 0.2) is 0 Å². The molecule has 6 heteroatoms. The summed E-state index contributed by atoms with van der Waals surface area (Å²) in [5.41, 5.74) is 6.38. The van der Waals surface area contributed by atoms with Crippen molar-refractivity contribution in [3.63, 3.8) is 0 Å². The first kappa shape index (κ1) is 16.5. The maximum absolute atomic E-state index is 12.0. The molecule has 0 amide bonds. The van der Waals surface area contributed by atoms with Crippen molar-refractivity contribution in [2.75, 3.05) is 7.11 Å². The van der Waals surface area contributed by atoms with E-state index in [9.17, 15) is 4.79 Å². The number of methoxy groups -OCH3 is 1. The lowest BCUT2D eigenvalue weighted by Crippen LogP contribution is -2.43. The van der Waals surface area contributed by atoms with Crippen molar-refractivity contribution in [3.05, 3.63) is 35.9 Å². The lowest BCUT2D eigenvalue weighted by atomic mass is 9.88.